The number of sulfonamides is 1. The van der Waals surface area contributed by atoms with Gasteiger partial charge in [-0.1, -0.05) is 0 Å². The molecule has 90 valence electrons. The highest BCUT2D eigenvalue weighted by Gasteiger charge is 2.34. The van der Waals surface area contributed by atoms with Gasteiger partial charge in [-0.2, -0.15) is 0 Å². The van der Waals surface area contributed by atoms with Crippen LogP contribution in [0.15, 0.2) is 0 Å². The summed E-state index contributed by atoms with van der Waals surface area (Å²) in [6.45, 7) is 2.29. The maximum absolute atomic E-state index is 11.3. The maximum Gasteiger partial charge on any atom is 0.209 e. The van der Waals surface area contributed by atoms with Gasteiger partial charge in [0, 0.05) is 19.3 Å². The predicted octanol–water partition coefficient (Wildman–Crippen LogP) is -0.306. The highest BCUT2D eigenvalue weighted by Crippen LogP contribution is 2.23. The first-order valence-corrected chi connectivity index (χ1v) is 7.05. The molecule has 1 rings (SSSR count). The van der Waals surface area contributed by atoms with Gasteiger partial charge in [0.1, 0.15) is 0 Å². The third-order valence-corrected chi connectivity index (χ3v) is 3.55. The topological polar surface area (TPSA) is 67.4 Å². The molecule has 2 N–H and O–H groups in total. The molecule has 6 heteroatoms. The van der Waals surface area contributed by atoms with E-state index in [1.54, 1.807) is 7.11 Å². The van der Waals surface area contributed by atoms with E-state index < -0.39 is 10.0 Å². The van der Waals surface area contributed by atoms with Crippen molar-refractivity contribution in [1.29, 1.82) is 0 Å². The van der Waals surface area contributed by atoms with Gasteiger partial charge in [0.05, 0.1) is 6.26 Å². The Kier molecular flexibility index (Phi) is 4.51. The minimum Gasteiger partial charge on any atom is -0.385 e. The highest BCUT2D eigenvalue weighted by molar-refractivity contribution is 7.88. The van der Waals surface area contributed by atoms with Gasteiger partial charge in [0.25, 0.3) is 0 Å². The van der Waals surface area contributed by atoms with E-state index in [0.717, 1.165) is 32.4 Å². The van der Waals surface area contributed by atoms with Crippen molar-refractivity contribution in [1.82, 2.24) is 10.0 Å². The lowest BCUT2D eigenvalue weighted by Crippen LogP contribution is -2.54. The van der Waals surface area contributed by atoms with Crippen LogP contribution < -0.4 is 10.0 Å². The van der Waals surface area contributed by atoms with Gasteiger partial charge in [-0.25, -0.2) is 13.1 Å². The van der Waals surface area contributed by atoms with Crippen LogP contribution in [0.5, 0.6) is 0 Å². The fourth-order valence-electron chi connectivity index (χ4n) is 2.00. The SMILES string of the molecule is COCCC1(NS(C)(=O)=O)CCNCC1. The van der Waals surface area contributed by atoms with Crippen molar-refractivity contribution in [3.05, 3.63) is 0 Å². The van der Waals surface area contributed by atoms with Gasteiger partial charge in [-0.05, 0) is 32.4 Å². The second-order valence-electron chi connectivity index (χ2n) is 4.15. The van der Waals surface area contributed by atoms with E-state index in [2.05, 4.69) is 10.0 Å². The molecule has 1 aliphatic rings. The summed E-state index contributed by atoms with van der Waals surface area (Å²) in [4.78, 5) is 0. The Labute approximate surface area is 91.6 Å². The van der Waals surface area contributed by atoms with Crippen molar-refractivity contribution in [3.63, 3.8) is 0 Å². The maximum atomic E-state index is 11.3. The largest absolute Gasteiger partial charge is 0.385 e. The van der Waals surface area contributed by atoms with Gasteiger partial charge in [0.2, 0.25) is 10.0 Å². The summed E-state index contributed by atoms with van der Waals surface area (Å²) >= 11 is 0. The van der Waals surface area contributed by atoms with E-state index in [-0.39, 0.29) is 5.54 Å². The molecule has 0 radical (unpaired) electrons. The monoisotopic (exact) mass is 236 g/mol. The number of nitrogens with one attached hydrogen (secondary N) is 2. The number of ether oxygens (including phenoxy) is 1. The highest BCUT2D eigenvalue weighted by atomic mass is 32.2. The molecule has 0 atom stereocenters. The Hall–Kier alpha value is -0.170. The Morgan fingerprint density at radius 3 is 2.47 bits per heavy atom. The quantitative estimate of drug-likeness (QED) is 0.687. The Bertz CT molecular complexity index is 284. The average Bonchev–Trinajstić information content (AvgIpc) is 2.14. The molecule has 0 spiro atoms. The van der Waals surface area contributed by atoms with Crippen molar-refractivity contribution >= 4 is 10.0 Å². The van der Waals surface area contributed by atoms with E-state index >= 15 is 0 Å². The van der Waals surface area contributed by atoms with E-state index in [4.69, 9.17) is 4.74 Å². The van der Waals surface area contributed by atoms with E-state index in [1.807, 2.05) is 0 Å². The molecule has 5 nitrogen and oxygen atoms in total. The molecule has 0 aromatic heterocycles. The van der Waals surface area contributed by atoms with Gasteiger partial charge >= 0.3 is 0 Å². The Morgan fingerprint density at radius 1 is 1.40 bits per heavy atom. The number of rotatable bonds is 5. The summed E-state index contributed by atoms with van der Waals surface area (Å²) in [5, 5.41) is 3.23. The smallest absolute Gasteiger partial charge is 0.209 e. The van der Waals surface area contributed by atoms with Gasteiger partial charge in [-0.15, -0.1) is 0 Å². The summed E-state index contributed by atoms with van der Waals surface area (Å²) in [7, 11) is -1.51. The Morgan fingerprint density at radius 2 is 2.00 bits per heavy atom. The second-order valence-corrected chi connectivity index (χ2v) is 5.90. The van der Waals surface area contributed by atoms with Crippen LogP contribution in [0.25, 0.3) is 0 Å². The lowest BCUT2D eigenvalue weighted by atomic mass is 9.87. The number of piperidine rings is 1. The van der Waals surface area contributed by atoms with Crippen LogP contribution in [-0.2, 0) is 14.8 Å². The number of methoxy groups -OCH3 is 1. The zero-order valence-electron chi connectivity index (χ0n) is 9.38. The van der Waals surface area contributed by atoms with Crippen molar-refractivity contribution in [3.8, 4) is 0 Å². The van der Waals surface area contributed by atoms with E-state index in [0.29, 0.717) is 6.61 Å². The van der Waals surface area contributed by atoms with Crippen molar-refractivity contribution in [2.75, 3.05) is 33.1 Å². The zero-order chi connectivity index (χ0) is 11.4. The van der Waals surface area contributed by atoms with Crippen LogP contribution in [-0.4, -0.2) is 47.0 Å². The average molecular weight is 236 g/mol. The predicted molar refractivity (Wildman–Crippen MR) is 59.3 cm³/mol. The summed E-state index contributed by atoms with van der Waals surface area (Å²) in [5.41, 5.74) is -0.311. The summed E-state index contributed by atoms with van der Waals surface area (Å²) in [6.07, 6.45) is 3.59. The van der Waals surface area contributed by atoms with Crippen LogP contribution in [0.4, 0.5) is 0 Å². The van der Waals surface area contributed by atoms with Gasteiger partial charge in [0.15, 0.2) is 0 Å². The third-order valence-electron chi connectivity index (χ3n) is 2.75. The first kappa shape index (κ1) is 12.9. The van der Waals surface area contributed by atoms with Crippen LogP contribution >= 0.6 is 0 Å². The number of hydrogen-bond donors (Lipinski definition) is 2. The van der Waals surface area contributed by atoms with Crippen molar-refractivity contribution < 1.29 is 13.2 Å². The lowest BCUT2D eigenvalue weighted by Gasteiger charge is -2.37. The third kappa shape index (κ3) is 4.46. The molecule has 0 aromatic rings. The molecular formula is C9H20N2O3S. The molecule has 0 unspecified atom stereocenters. The Balaban J connectivity index is 2.66. The van der Waals surface area contributed by atoms with Crippen LogP contribution in [0.2, 0.25) is 0 Å². The van der Waals surface area contributed by atoms with Crippen LogP contribution in [0.3, 0.4) is 0 Å². The fraction of sp³-hybridized carbons (Fsp3) is 1.00. The van der Waals surface area contributed by atoms with Gasteiger partial charge in [-0.3, -0.25) is 0 Å². The number of hydrogen-bond acceptors (Lipinski definition) is 4. The summed E-state index contributed by atoms with van der Waals surface area (Å²) in [5.74, 6) is 0. The molecule has 1 fully saturated rings. The van der Waals surface area contributed by atoms with E-state index in [1.165, 1.54) is 6.26 Å². The normalized spacial score (nSPS) is 21.5. The summed E-state index contributed by atoms with van der Waals surface area (Å²) < 4.78 is 30.4. The van der Waals surface area contributed by atoms with Crippen LogP contribution in [0, 0.1) is 0 Å². The standard InChI is InChI=1S/C9H20N2O3S/c1-14-8-5-9(11-15(2,12)13)3-6-10-7-4-9/h10-11H,3-8H2,1-2H3. The molecule has 0 amide bonds. The molecule has 0 aliphatic carbocycles. The second kappa shape index (κ2) is 5.25. The zero-order valence-corrected chi connectivity index (χ0v) is 10.2. The molecule has 15 heavy (non-hydrogen) atoms. The summed E-state index contributed by atoms with van der Waals surface area (Å²) in [6, 6.07) is 0. The minimum atomic E-state index is -3.15. The van der Waals surface area contributed by atoms with Crippen molar-refractivity contribution in [2.45, 2.75) is 24.8 Å². The fourth-order valence-corrected chi connectivity index (χ4v) is 3.09. The molecule has 1 aliphatic heterocycles. The molecule has 1 saturated heterocycles. The molecule has 0 saturated carbocycles. The minimum absolute atomic E-state index is 0.311. The molecular weight excluding hydrogens is 216 g/mol. The van der Waals surface area contributed by atoms with Gasteiger partial charge < -0.3 is 10.1 Å². The molecule has 1 heterocycles. The first-order valence-electron chi connectivity index (χ1n) is 5.16. The molecule has 0 aromatic carbocycles. The lowest BCUT2D eigenvalue weighted by molar-refractivity contribution is 0.147. The van der Waals surface area contributed by atoms with Crippen molar-refractivity contribution in [2.24, 2.45) is 0 Å². The van der Waals surface area contributed by atoms with Crippen LogP contribution in [0.1, 0.15) is 19.3 Å². The first-order chi connectivity index (χ1) is 6.97. The van der Waals surface area contributed by atoms with E-state index in [9.17, 15) is 8.42 Å². The molecule has 0 bridgehead atoms.